The Kier molecular flexibility index (Phi) is 5.15. The van der Waals surface area contributed by atoms with Gasteiger partial charge >= 0.3 is 0 Å². The molecule has 110 valence electrons. The average Bonchev–Trinajstić information content (AvgIpc) is 2.47. The van der Waals surface area contributed by atoms with Crippen LogP contribution in [-0.2, 0) is 6.54 Å². The van der Waals surface area contributed by atoms with E-state index in [0.29, 0.717) is 11.5 Å². The highest BCUT2D eigenvalue weighted by molar-refractivity contribution is 5.94. The number of benzene rings is 1. The van der Waals surface area contributed by atoms with Crippen LogP contribution in [0.25, 0.3) is 0 Å². The Bertz CT molecular complexity index is 462. The van der Waals surface area contributed by atoms with Crippen LogP contribution in [0, 0.1) is 5.92 Å². The zero-order chi connectivity index (χ0) is 14.5. The lowest BCUT2D eigenvalue weighted by molar-refractivity contribution is 0.0472. The fourth-order valence-corrected chi connectivity index (χ4v) is 3.02. The maximum absolute atomic E-state index is 11.7. The minimum atomic E-state index is -0.0578. The molecular formula is C16H24N2O2. The maximum Gasteiger partial charge on any atom is 0.251 e. The molecule has 0 aromatic heterocycles. The van der Waals surface area contributed by atoms with Gasteiger partial charge in [0.25, 0.3) is 5.91 Å². The first-order chi connectivity index (χ1) is 9.65. The Morgan fingerprint density at radius 2 is 2.30 bits per heavy atom. The predicted octanol–water partition coefficient (Wildman–Crippen LogP) is 1.64. The molecule has 1 amide bonds. The summed E-state index contributed by atoms with van der Waals surface area (Å²) in [6.07, 6.45) is 2.35. The number of carbonyl (C=O) groups is 1. The van der Waals surface area contributed by atoms with Crippen LogP contribution in [0.3, 0.4) is 0 Å². The summed E-state index contributed by atoms with van der Waals surface area (Å²) in [6, 6.07) is 7.95. The third-order valence-electron chi connectivity index (χ3n) is 4.22. The number of aliphatic hydroxyl groups excluding tert-OH is 1. The van der Waals surface area contributed by atoms with Crippen molar-refractivity contribution < 1.29 is 9.90 Å². The van der Waals surface area contributed by atoms with Gasteiger partial charge in [-0.25, -0.2) is 0 Å². The molecule has 1 heterocycles. The van der Waals surface area contributed by atoms with Crippen LogP contribution in [-0.4, -0.2) is 42.2 Å². The summed E-state index contributed by atoms with van der Waals surface area (Å²) in [5.41, 5.74) is 1.81. The molecule has 1 aromatic rings. The molecule has 0 aliphatic carbocycles. The highest BCUT2D eigenvalue weighted by Crippen LogP contribution is 2.24. The van der Waals surface area contributed by atoms with Crippen molar-refractivity contribution >= 4 is 5.91 Å². The molecule has 2 rings (SSSR count). The lowest BCUT2D eigenvalue weighted by atomic mass is 9.91. The van der Waals surface area contributed by atoms with Crippen LogP contribution < -0.4 is 5.32 Å². The molecule has 4 heteroatoms. The van der Waals surface area contributed by atoms with Gasteiger partial charge in [0.2, 0.25) is 0 Å². The van der Waals surface area contributed by atoms with Crippen LogP contribution in [0.5, 0.6) is 0 Å². The first-order valence-electron chi connectivity index (χ1n) is 7.31. The average molecular weight is 276 g/mol. The molecule has 2 N–H and O–H groups in total. The minimum absolute atomic E-state index is 0.0578. The molecule has 0 radical (unpaired) electrons. The highest BCUT2D eigenvalue weighted by Gasteiger charge is 2.27. The minimum Gasteiger partial charge on any atom is -0.395 e. The molecule has 1 aromatic carbocycles. The first-order valence-corrected chi connectivity index (χ1v) is 7.31. The second-order valence-corrected chi connectivity index (χ2v) is 5.62. The van der Waals surface area contributed by atoms with Crippen molar-refractivity contribution in [3.63, 3.8) is 0 Å². The third-order valence-corrected chi connectivity index (χ3v) is 4.22. The normalized spacial score (nSPS) is 23.6. The fourth-order valence-electron chi connectivity index (χ4n) is 3.02. The monoisotopic (exact) mass is 276 g/mol. The maximum atomic E-state index is 11.7. The summed E-state index contributed by atoms with van der Waals surface area (Å²) in [6.45, 7) is 4.21. The number of hydrogen-bond acceptors (Lipinski definition) is 3. The largest absolute Gasteiger partial charge is 0.395 e. The quantitative estimate of drug-likeness (QED) is 0.879. The summed E-state index contributed by atoms with van der Waals surface area (Å²) >= 11 is 0. The highest BCUT2D eigenvalue weighted by atomic mass is 16.3. The van der Waals surface area contributed by atoms with Crippen molar-refractivity contribution in [2.45, 2.75) is 32.4 Å². The lowest BCUT2D eigenvalue weighted by Crippen LogP contribution is -2.46. The van der Waals surface area contributed by atoms with Crippen molar-refractivity contribution in [2.24, 2.45) is 5.92 Å². The van der Waals surface area contributed by atoms with E-state index in [0.717, 1.165) is 18.7 Å². The van der Waals surface area contributed by atoms with E-state index in [1.54, 1.807) is 7.05 Å². The summed E-state index contributed by atoms with van der Waals surface area (Å²) in [5.74, 6) is 0.466. The molecule has 0 bridgehead atoms. The Morgan fingerprint density at radius 1 is 1.50 bits per heavy atom. The van der Waals surface area contributed by atoms with Crippen molar-refractivity contribution in [1.29, 1.82) is 0 Å². The first kappa shape index (κ1) is 15.0. The second-order valence-electron chi connectivity index (χ2n) is 5.62. The molecular weight excluding hydrogens is 252 g/mol. The number of nitrogens with zero attached hydrogens (tertiary/aromatic N) is 1. The fraction of sp³-hybridized carbons (Fsp3) is 0.562. The van der Waals surface area contributed by atoms with Gasteiger partial charge in [-0.2, -0.15) is 0 Å². The molecule has 1 aliphatic rings. The van der Waals surface area contributed by atoms with E-state index >= 15 is 0 Å². The van der Waals surface area contributed by atoms with Gasteiger partial charge in [0.1, 0.15) is 0 Å². The van der Waals surface area contributed by atoms with Crippen LogP contribution in [0.4, 0.5) is 0 Å². The standard InChI is InChI=1S/C16H24N2O2/c1-12-5-4-8-18(15(12)11-19)10-13-6-3-7-14(9-13)16(20)17-2/h3,6-7,9,12,15,19H,4-5,8,10-11H2,1-2H3,(H,17,20). The van der Waals surface area contributed by atoms with Crippen molar-refractivity contribution in [2.75, 3.05) is 20.2 Å². The number of amides is 1. The van der Waals surface area contributed by atoms with E-state index < -0.39 is 0 Å². The zero-order valence-electron chi connectivity index (χ0n) is 12.3. The van der Waals surface area contributed by atoms with Crippen molar-refractivity contribution in [1.82, 2.24) is 10.2 Å². The van der Waals surface area contributed by atoms with Crippen LogP contribution in [0.1, 0.15) is 35.7 Å². The van der Waals surface area contributed by atoms with E-state index in [1.165, 1.54) is 12.8 Å². The van der Waals surface area contributed by atoms with E-state index in [9.17, 15) is 9.90 Å². The predicted molar refractivity (Wildman–Crippen MR) is 79.5 cm³/mol. The molecule has 1 aliphatic heterocycles. The number of piperidine rings is 1. The molecule has 0 spiro atoms. The lowest BCUT2D eigenvalue weighted by Gasteiger charge is -2.39. The van der Waals surface area contributed by atoms with Gasteiger partial charge in [-0.1, -0.05) is 19.1 Å². The third kappa shape index (κ3) is 3.38. The van der Waals surface area contributed by atoms with Gasteiger partial charge in [-0.05, 0) is 43.0 Å². The topological polar surface area (TPSA) is 52.6 Å². The molecule has 2 atom stereocenters. The molecule has 2 unspecified atom stereocenters. The number of hydrogen-bond donors (Lipinski definition) is 2. The van der Waals surface area contributed by atoms with Gasteiger partial charge in [-0.15, -0.1) is 0 Å². The zero-order valence-corrected chi connectivity index (χ0v) is 12.3. The number of likely N-dealkylation sites (tertiary alicyclic amines) is 1. The Labute approximate surface area is 120 Å². The second kappa shape index (κ2) is 6.86. The van der Waals surface area contributed by atoms with E-state index in [-0.39, 0.29) is 18.6 Å². The number of aliphatic hydroxyl groups is 1. The van der Waals surface area contributed by atoms with Gasteiger partial charge in [0.15, 0.2) is 0 Å². The van der Waals surface area contributed by atoms with Gasteiger partial charge in [0.05, 0.1) is 6.61 Å². The Morgan fingerprint density at radius 3 is 3.00 bits per heavy atom. The summed E-state index contributed by atoms with van der Waals surface area (Å²) < 4.78 is 0. The van der Waals surface area contributed by atoms with Crippen molar-refractivity contribution in [3.05, 3.63) is 35.4 Å². The van der Waals surface area contributed by atoms with E-state index in [1.807, 2.05) is 24.3 Å². The Hall–Kier alpha value is -1.39. The summed E-state index contributed by atoms with van der Waals surface area (Å²) in [4.78, 5) is 14.0. The van der Waals surface area contributed by atoms with Crippen molar-refractivity contribution in [3.8, 4) is 0 Å². The number of carbonyl (C=O) groups excluding carboxylic acids is 1. The number of rotatable bonds is 4. The van der Waals surface area contributed by atoms with Gasteiger partial charge in [0, 0.05) is 25.2 Å². The molecule has 1 fully saturated rings. The van der Waals surface area contributed by atoms with Crippen LogP contribution in [0.15, 0.2) is 24.3 Å². The van der Waals surface area contributed by atoms with Gasteiger partial charge < -0.3 is 10.4 Å². The van der Waals surface area contributed by atoms with Crippen LogP contribution in [0.2, 0.25) is 0 Å². The van der Waals surface area contributed by atoms with E-state index in [4.69, 9.17) is 0 Å². The molecule has 4 nitrogen and oxygen atoms in total. The number of nitrogens with one attached hydrogen (secondary N) is 1. The van der Waals surface area contributed by atoms with E-state index in [2.05, 4.69) is 17.1 Å². The molecule has 0 saturated carbocycles. The molecule has 20 heavy (non-hydrogen) atoms. The summed E-state index contributed by atoms with van der Waals surface area (Å²) in [7, 11) is 1.64. The van der Waals surface area contributed by atoms with Gasteiger partial charge in [-0.3, -0.25) is 9.69 Å². The smallest absolute Gasteiger partial charge is 0.251 e. The SMILES string of the molecule is CNC(=O)c1cccc(CN2CCCC(C)C2CO)c1. The molecule has 1 saturated heterocycles. The van der Waals surface area contributed by atoms with Crippen LogP contribution >= 0.6 is 0 Å². The Balaban J connectivity index is 2.10. The summed E-state index contributed by atoms with van der Waals surface area (Å²) in [5, 5.41) is 12.2.